The average Bonchev–Trinajstić information content (AvgIpc) is 3.24. The number of ether oxygens (including phenoxy) is 1. The smallest absolute Gasteiger partial charge is 0.404 e. The Morgan fingerprint density at radius 3 is 2.18 bits per heavy atom. The summed E-state index contributed by atoms with van der Waals surface area (Å²) in [4.78, 5) is 10.2. The van der Waals surface area contributed by atoms with Gasteiger partial charge in [-0.05, 0) is 135 Å². The third kappa shape index (κ3) is 12.2. The molecule has 4 aromatic carbocycles. The number of thiocarbonyl (C=S) groups is 2. The SMILES string of the molecule is CSc1ccc(NC(=S)NC2CCN(c3nncc4cc(Br)ccc34)CC2)cc1.FC(F)(F)Oc1ccccc1NC(=S)NC1CCN(c2ccnc3ccc(Cl)cc23)CC1. The van der Waals surface area contributed by atoms with Crippen LogP contribution in [0.4, 0.5) is 36.1 Å². The predicted octanol–water partition coefficient (Wildman–Crippen LogP) is 10.8. The molecule has 2 aliphatic heterocycles. The lowest BCUT2D eigenvalue weighted by Gasteiger charge is -2.35. The van der Waals surface area contributed by atoms with E-state index in [2.05, 4.69) is 116 Å². The van der Waals surface area contributed by atoms with Crippen molar-refractivity contribution < 1.29 is 17.9 Å². The number of benzene rings is 4. The Hall–Kier alpha value is -4.68. The van der Waals surface area contributed by atoms with Crippen molar-refractivity contribution in [1.29, 1.82) is 0 Å². The number of thioether (sulfide) groups is 1. The van der Waals surface area contributed by atoms with Crippen LogP contribution in [0.5, 0.6) is 5.75 Å². The maximum atomic E-state index is 12.6. The Balaban J connectivity index is 0.000000185. The van der Waals surface area contributed by atoms with Gasteiger partial charge in [0.2, 0.25) is 0 Å². The summed E-state index contributed by atoms with van der Waals surface area (Å²) in [5, 5.41) is 26.2. The van der Waals surface area contributed by atoms with Gasteiger partial charge in [0.05, 0.1) is 17.4 Å². The van der Waals surface area contributed by atoms with Gasteiger partial charge in [-0.15, -0.1) is 30.0 Å². The van der Waals surface area contributed by atoms with Crippen molar-refractivity contribution in [3.05, 3.63) is 113 Å². The molecular formula is C43H42BrClF3N9OS3. The largest absolute Gasteiger partial charge is 0.573 e. The lowest BCUT2D eigenvalue weighted by atomic mass is 10.0. The van der Waals surface area contributed by atoms with Crippen LogP contribution >= 0.6 is 63.7 Å². The highest BCUT2D eigenvalue weighted by Crippen LogP contribution is 2.32. The number of pyridine rings is 1. The molecule has 6 aromatic rings. The number of alkyl halides is 3. The van der Waals surface area contributed by atoms with Crippen molar-refractivity contribution in [2.24, 2.45) is 0 Å². The number of nitrogens with one attached hydrogen (secondary N) is 4. The van der Waals surface area contributed by atoms with Crippen molar-refractivity contribution in [3.63, 3.8) is 0 Å². The monoisotopic (exact) mass is 967 g/mol. The van der Waals surface area contributed by atoms with Crippen molar-refractivity contribution in [3.8, 4) is 5.75 Å². The van der Waals surface area contributed by atoms with E-state index < -0.39 is 6.36 Å². The summed E-state index contributed by atoms with van der Waals surface area (Å²) in [6.45, 7) is 3.43. The predicted molar refractivity (Wildman–Crippen MR) is 255 cm³/mol. The molecule has 4 heterocycles. The highest BCUT2D eigenvalue weighted by Gasteiger charge is 2.32. The first-order valence-electron chi connectivity index (χ1n) is 19.5. The maximum absolute atomic E-state index is 12.6. The Kier molecular flexibility index (Phi) is 14.9. The van der Waals surface area contributed by atoms with E-state index in [1.54, 1.807) is 24.0 Å². The van der Waals surface area contributed by atoms with Gasteiger partial charge in [-0.3, -0.25) is 4.98 Å². The van der Waals surface area contributed by atoms with Crippen LogP contribution in [0.1, 0.15) is 25.7 Å². The molecule has 10 nitrogen and oxygen atoms in total. The van der Waals surface area contributed by atoms with Gasteiger partial charge in [0.1, 0.15) is 0 Å². The van der Waals surface area contributed by atoms with E-state index in [-0.39, 0.29) is 22.6 Å². The summed E-state index contributed by atoms with van der Waals surface area (Å²) in [7, 11) is 0. The van der Waals surface area contributed by atoms with Crippen LogP contribution < -0.4 is 35.8 Å². The zero-order chi connectivity index (χ0) is 42.9. The number of piperidine rings is 2. The van der Waals surface area contributed by atoms with E-state index in [4.69, 9.17) is 36.0 Å². The Morgan fingerprint density at radius 1 is 0.820 bits per heavy atom. The number of rotatable bonds is 8. The van der Waals surface area contributed by atoms with E-state index in [1.807, 2.05) is 30.5 Å². The summed E-state index contributed by atoms with van der Waals surface area (Å²) in [5.74, 6) is 0.630. The van der Waals surface area contributed by atoms with E-state index in [9.17, 15) is 13.2 Å². The fourth-order valence-corrected chi connectivity index (χ4v) is 8.83. The summed E-state index contributed by atoms with van der Waals surface area (Å²) < 4.78 is 43.0. The van der Waals surface area contributed by atoms with Crippen molar-refractivity contribution in [1.82, 2.24) is 25.8 Å². The molecule has 8 rings (SSSR count). The van der Waals surface area contributed by atoms with E-state index in [0.717, 1.165) is 95.2 Å². The molecule has 0 atom stereocenters. The molecular weight excluding hydrogens is 927 g/mol. The van der Waals surface area contributed by atoms with E-state index in [1.165, 1.54) is 23.1 Å². The van der Waals surface area contributed by atoms with Crippen LogP contribution in [0, 0.1) is 0 Å². The first-order chi connectivity index (χ1) is 29.4. The Labute approximate surface area is 380 Å². The van der Waals surface area contributed by atoms with Gasteiger partial charge in [0.25, 0.3) is 0 Å². The molecule has 2 aliphatic rings. The summed E-state index contributed by atoms with van der Waals surface area (Å²) in [6.07, 6.45) is 4.53. The number of fused-ring (bicyclic) bond motifs is 2. The second kappa shape index (κ2) is 20.5. The van der Waals surface area contributed by atoms with Crippen LogP contribution in [0.3, 0.4) is 0 Å². The molecule has 0 saturated carbocycles. The molecule has 0 amide bonds. The van der Waals surface area contributed by atoms with Gasteiger partial charge >= 0.3 is 6.36 Å². The number of para-hydroxylation sites is 2. The highest BCUT2D eigenvalue weighted by atomic mass is 79.9. The standard InChI is InChI=1S/C22H20ClF3N4OS.C21H22BrN5S2/c23-14-5-6-17-16(13-14)19(7-10-27-17)30-11-8-15(9-12-30)28-21(32)29-18-3-1-2-4-20(18)31-22(24,25)26;1-29-18-5-3-16(4-6-18)24-21(28)25-17-8-10-27(11-9-17)20-19-7-2-15(22)12-14(19)13-23-26-20/h1-7,10,13,15H,8-9,11-12H2,(H2,28,29,32);2-7,12-13,17H,8-11H2,1H3,(H2,24,25,28). The van der Waals surface area contributed by atoms with Gasteiger partial charge in [-0.25, -0.2) is 0 Å². The molecule has 0 radical (unpaired) electrons. The summed E-state index contributed by atoms with van der Waals surface area (Å²) >= 11 is 22.3. The maximum Gasteiger partial charge on any atom is 0.573 e. The molecule has 18 heteroatoms. The van der Waals surface area contributed by atoms with Crippen LogP contribution in [-0.2, 0) is 0 Å². The van der Waals surface area contributed by atoms with Gasteiger partial charge in [-0.1, -0.05) is 39.7 Å². The van der Waals surface area contributed by atoms with Gasteiger partial charge in [-0.2, -0.15) is 5.10 Å². The molecule has 0 unspecified atom stereocenters. The molecule has 2 saturated heterocycles. The molecule has 318 valence electrons. The number of aromatic nitrogens is 3. The summed E-state index contributed by atoms with van der Waals surface area (Å²) in [5.41, 5.74) is 3.13. The normalized spacial score (nSPS) is 14.9. The van der Waals surface area contributed by atoms with Crippen molar-refractivity contribution in [2.75, 3.05) is 52.9 Å². The number of hydrogen-bond acceptors (Lipinski definition) is 9. The number of halogens is 5. The average molecular weight is 969 g/mol. The molecule has 0 aliphatic carbocycles. The molecule has 2 fully saturated rings. The molecule has 0 bridgehead atoms. The lowest BCUT2D eigenvalue weighted by Crippen LogP contribution is -2.46. The minimum atomic E-state index is -4.78. The number of nitrogens with zero attached hydrogens (tertiary/aromatic N) is 5. The zero-order valence-electron chi connectivity index (χ0n) is 32.9. The molecule has 4 N–H and O–H groups in total. The lowest BCUT2D eigenvalue weighted by molar-refractivity contribution is -0.274. The second-order valence-electron chi connectivity index (χ2n) is 14.4. The van der Waals surface area contributed by atoms with Gasteiger partial charge in [0, 0.05) is 86.4 Å². The number of anilines is 4. The Bertz CT molecular complexity index is 2470. The number of hydrogen-bond donors (Lipinski definition) is 4. The van der Waals surface area contributed by atoms with Crippen LogP contribution in [0.2, 0.25) is 5.02 Å². The van der Waals surface area contributed by atoms with Gasteiger partial charge < -0.3 is 35.8 Å². The second-order valence-corrected chi connectivity index (χ2v) is 17.4. The fourth-order valence-electron chi connectivity index (χ4n) is 7.31. The zero-order valence-corrected chi connectivity index (χ0v) is 37.7. The topological polar surface area (TPSA) is 102 Å². The minimum absolute atomic E-state index is 0.0960. The van der Waals surface area contributed by atoms with Crippen LogP contribution in [0.15, 0.2) is 113 Å². The third-order valence-electron chi connectivity index (χ3n) is 10.3. The Morgan fingerprint density at radius 2 is 1.49 bits per heavy atom. The van der Waals surface area contributed by atoms with Crippen molar-refractivity contribution >= 4 is 119 Å². The molecule has 61 heavy (non-hydrogen) atoms. The van der Waals surface area contributed by atoms with E-state index >= 15 is 0 Å². The molecule has 0 spiro atoms. The summed E-state index contributed by atoms with van der Waals surface area (Å²) in [6, 6.07) is 28.4. The first kappa shape index (κ1) is 44.4. The third-order valence-corrected chi connectivity index (χ3v) is 12.2. The first-order valence-corrected chi connectivity index (χ1v) is 22.7. The van der Waals surface area contributed by atoms with Crippen molar-refractivity contribution in [2.45, 2.75) is 49.0 Å². The molecule has 2 aromatic heterocycles. The van der Waals surface area contributed by atoms with E-state index in [0.29, 0.717) is 16.2 Å². The van der Waals surface area contributed by atoms with Crippen LogP contribution in [0.25, 0.3) is 21.7 Å². The highest BCUT2D eigenvalue weighted by molar-refractivity contribution is 9.10. The minimum Gasteiger partial charge on any atom is -0.404 e. The quantitative estimate of drug-likeness (QED) is 0.0861. The van der Waals surface area contributed by atoms with Crippen LogP contribution in [-0.4, -0.2) is 76.3 Å². The fraction of sp³-hybridized carbons (Fsp3) is 0.279. The van der Waals surface area contributed by atoms with Gasteiger partial charge in [0.15, 0.2) is 21.8 Å².